The van der Waals surface area contributed by atoms with E-state index in [9.17, 15) is 4.39 Å². The maximum absolute atomic E-state index is 13.0. The van der Waals surface area contributed by atoms with Crippen LogP contribution in [0, 0.1) is 5.82 Å². The van der Waals surface area contributed by atoms with Crippen molar-refractivity contribution in [3.05, 3.63) is 53.9 Å². The van der Waals surface area contributed by atoms with E-state index in [1.54, 1.807) is 18.3 Å². The first-order valence-corrected chi connectivity index (χ1v) is 6.23. The van der Waals surface area contributed by atoms with Crippen LogP contribution in [0.3, 0.4) is 0 Å². The van der Waals surface area contributed by atoms with Crippen molar-refractivity contribution in [2.45, 2.75) is 12.6 Å². The summed E-state index contributed by atoms with van der Waals surface area (Å²) in [6.45, 7) is 1.18. The molecule has 0 bridgehead atoms. The number of nitrogens with two attached hydrogens (primary N) is 1. The zero-order chi connectivity index (χ0) is 13.8. The van der Waals surface area contributed by atoms with Crippen molar-refractivity contribution >= 4 is 0 Å². The van der Waals surface area contributed by atoms with Gasteiger partial charge in [0.1, 0.15) is 11.6 Å². The molecule has 0 saturated carbocycles. The maximum atomic E-state index is 13.0. The first kappa shape index (κ1) is 13.7. The van der Waals surface area contributed by atoms with Crippen LogP contribution in [0.2, 0.25) is 0 Å². The number of rotatable bonds is 5. The van der Waals surface area contributed by atoms with Crippen molar-refractivity contribution in [1.82, 2.24) is 14.5 Å². The summed E-state index contributed by atoms with van der Waals surface area (Å²) in [5, 5.41) is 0. The molecular weight excluding hydrogens is 243 g/mol. The molecule has 102 valence electrons. The quantitative estimate of drug-likeness (QED) is 0.892. The van der Waals surface area contributed by atoms with Crippen molar-refractivity contribution in [1.29, 1.82) is 0 Å². The monoisotopic (exact) mass is 262 g/mol. The summed E-state index contributed by atoms with van der Waals surface area (Å²) >= 11 is 0. The number of aromatic nitrogens is 2. The number of hydrogen-bond acceptors (Lipinski definition) is 3. The van der Waals surface area contributed by atoms with Gasteiger partial charge in [-0.3, -0.25) is 4.90 Å². The van der Waals surface area contributed by atoms with Crippen LogP contribution in [0.15, 0.2) is 36.7 Å². The summed E-state index contributed by atoms with van der Waals surface area (Å²) in [4.78, 5) is 6.42. The molecule has 19 heavy (non-hydrogen) atoms. The van der Waals surface area contributed by atoms with E-state index in [1.807, 2.05) is 24.9 Å². The second-order valence-corrected chi connectivity index (χ2v) is 4.67. The van der Waals surface area contributed by atoms with Crippen LogP contribution in [0.25, 0.3) is 0 Å². The predicted molar refractivity (Wildman–Crippen MR) is 72.9 cm³/mol. The molecule has 1 atom stereocenters. The number of imidazole rings is 1. The highest BCUT2D eigenvalue weighted by molar-refractivity contribution is 5.20. The zero-order valence-corrected chi connectivity index (χ0v) is 11.3. The van der Waals surface area contributed by atoms with Gasteiger partial charge in [-0.05, 0) is 24.7 Å². The first-order chi connectivity index (χ1) is 9.11. The molecule has 0 aliphatic heterocycles. The lowest BCUT2D eigenvalue weighted by atomic mass is 10.1. The van der Waals surface area contributed by atoms with Crippen molar-refractivity contribution in [2.75, 3.05) is 13.6 Å². The van der Waals surface area contributed by atoms with Gasteiger partial charge >= 0.3 is 0 Å². The maximum Gasteiger partial charge on any atom is 0.123 e. The fraction of sp³-hybridized carbons (Fsp3) is 0.357. The summed E-state index contributed by atoms with van der Waals surface area (Å²) < 4.78 is 14.9. The van der Waals surface area contributed by atoms with Crippen LogP contribution in [0.1, 0.15) is 17.4 Å². The smallest absolute Gasteiger partial charge is 0.123 e. The van der Waals surface area contributed by atoms with E-state index in [0.717, 1.165) is 11.4 Å². The third-order valence-electron chi connectivity index (χ3n) is 3.32. The van der Waals surface area contributed by atoms with Crippen LogP contribution < -0.4 is 5.73 Å². The molecule has 0 saturated heterocycles. The van der Waals surface area contributed by atoms with Gasteiger partial charge in [-0.15, -0.1) is 0 Å². The summed E-state index contributed by atoms with van der Waals surface area (Å²) in [6.07, 6.45) is 3.69. The van der Waals surface area contributed by atoms with Crippen LogP contribution in [-0.4, -0.2) is 28.0 Å². The molecule has 0 aliphatic carbocycles. The highest BCUT2D eigenvalue weighted by Gasteiger charge is 2.17. The minimum atomic E-state index is -0.230. The van der Waals surface area contributed by atoms with E-state index in [0.29, 0.717) is 13.1 Å². The minimum absolute atomic E-state index is 0.0531. The van der Waals surface area contributed by atoms with Crippen molar-refractivity contribution in [3.63, 3.8) is 0 Å². The average molecular weight is 262 g/mol. The molecule has 2 aromatic rings. The molecular formula is C14H19FN4. The molecule has 0 aliphatic rings. The summed E-state index contributed by atoms with van der Waals surface area (Å²) in [5.41, 5.74) is 6.86. The third-order valence-corrected chi connectivity index (χ3v) is 3.32. The molecule has 2 N–H and O–H groups in total. The first-order valence-electron chi connectivity index (χ1n) is 6.23. The van der Waals surface area contributed by atoms with Crippen LogP contribution in [-0.2, 0) is 13.6 Å². The summed E-state index contributed by atoms with van der Waals surface area (Å²) in [7, 11) is 3.96. The van der Waals surface area contributed by atoms with Crippen LogP contribution in [0.4, 0.5) is 4.39 Å². The molecule has 1 aromatic carbocycles. The number of nitrogens with zero attached hydrogens (tertiary/aromatic N) is 3. The molecule has 0 fully saturated rings. The van der Waals surface area contributed by atoms with Gasteiger partial charge in [-0.1, -0.05) is 12.1 Å². The standard InChI is InChI=1S/C14H19FN4/c1-18-8-7-17-14(18)10-19(2)13(9-16)11-3-5-12(15)6-4-11/h3-8,13H,9-10,16H2,1-2H3. The second-order valence-electron chi connectivity index (χ2n) is 4.67. The Labute approximate surface area is 112 Å². The van der Waals surface area contributed by atoms with Gasteiger partial charge in [0.25, 0.3) is 0 Å². The lowest BCUT2D eigenvalue weighted by Crippen LogP contribution is -2.31. The van der Waals surface area contributed by atoms with Crippen molar-refractivity contribution in [2.24, 2.45) is 12.8 Å². The van der Waals surface area contributed by atoms with E-state index in [-0.39, 0.29) is 11.9 Å². The number of aryl methyl sites for hydroxylation is 1. The predicted octanol–water partition coefficient (Wildman–Crippen LogP) is 1.69. The van der Waals surface area contributed by atoms with Crippen LogP contribution in [0.5, 0.6) is 0 Å². The van der Waals surface area contributed by atoms with Gasteiger partial charge in [-0.25, -0.2) is 9.37 Å². The third kappa shape index (κ3) is 3.19. The Kier molecular flexibility index (Phi) is 4.29. The van der Waals surface area contributed by atoms with E-state index in [4.69, 9.17) is 5.73 Å². The van der Waals surface area contributed by atoms with Crippen molar-refractivity contribution < 1.29 is 4.39 Å². The topological polar surface area (TPSA) is 47.1 Å². The lowest BCUT2D eigenvalue weighted by Gasteiger charge is -2.27. The van der Waals surface area contributed by atoms with Gasteiger partial charge in [0.15, 0.2) is 0 Å². The minimum Gasteiger partial charge on any atom is -0.337 e. The Morgan fingerprint density at radius 3 is 2.58 bits per heavy atom. The van der Waals surface area contributed by atoms with Gasteiger partial charge in [0.05, 0.1) is 6.54 Å². The highest BCUT2D eigenvalue weighted by Crippen LogP contribution is 2.20. The summed E-state index contributed by atoms with van der Waals surface area (Å²) in [6, 6.07) is 6.54. The molecule has 0 amide bonds. The largest absolute Gasteiger partial charge is 0.337 e. The molecule has 0 spiro atoms. The number of hydrogen-bond donors (Lipinski definition) is 1. The van der Waals surface area contributed by atoms with E-state index < -0.39 is 0 Å². The number of halogens is 1. The highest BCUT2D eigenvalue weighted by atomic mass is 19.1. The SMILES string of the molecule is CN(Cc1nccn1C)C(CN)c1ccc(F)cc1. The van der Waals surface area contributed by atoms with Crippen LogP contribution >= 0.6 is 0 Å². The fourth-order valence-electron chi connectivity index (χ4n) is 2.14. The molecule has 0 radical (unpaired) electrons. The van der Waals surface area contributed by atoms with Gasteiger partial charge in [0.2, 0.25) is 0 Å². The average Bonchev–Trinajstić information content (AvgIpc) is 2.78. The lowest BCUT2D eigenvalue weighted by molar-refractivity contribution is 0.233. The Morgan fingerprint density at radius 1 is 1.37 bits per heavy atom. The number of likely N-dealkylation sites (N-methyl/N-ethyl adjacent to an activating group) is 1. The Balaban J connectivity index is 2.13. The number of benzene rings is 1. The van der Waals surface area contributed by atoms with Gasteiger partial charge in [-0.2, -0.15) is 0 Å². The molecule has 4 nitrogen and oxygen atoms in total. The second kappa shape index (κ2) is 5.95. The normalized spacial score (nSPS) is 12.9. The zero-order valence-electron chi connectivity index (χ0n) is 11.3. The van der Waals surface area contributed by atoms with E-state index >= 15 is 0 Å². The van der Waals surface area contributed by atoms with E-state index in [2.05, 4.69) is 9.88 Å². The summed E-state index contributed by atoms with van der Waals surface area (Å²) in [5.74, 6) is 0.745. The fourth-order valence-corrected chi connectivity index (χ4v) is 2.14. The van der Waals surface area contributed by atoms with Crippen molar-refractivity contribution in [3.8, 4) is 0 Å². The molecule has 1 heterocycles. The van der Waals surface area contributed by atoms with Gasteiger partial charge < -0.3 is 10.3 Å². The molecule has 1 unspecified atom stereocenters. The Bertz CT molecular complexity index is 520. The Morgan fingerprint density at radius 2 is 2.05 bits per heavy atom. The molecule has 5 heteroatoms. The molecule has 2 rings (SSSR count). The van der Waals surface area contributed by atoms with E-state index in [1.165, 1.54) is 12.1 Å². The Hall–Kier alpha value is -1.72. The van der Waals surface area contributed by atoms with Gasteiger partial charge in [0, 0.05) is 32.0 Å². The molecule has 1 aromatic heterocycles.